The summed E-state index contributed by atoms with van der Waals surface area (Å²) in [5.41, 5.74) is 4.20. The molecule has 1 aliphatic heterocycles. The Balaban J connectivity index is 1.86. The fourth-order valence-electron chi connectivity index (χ4n) is 3.32. The van der Waals surface area contributed by atoms with Gasteiger partial charge in [0, 0.05) is 38.9 Å². The molecule has 3 rings (SSSR count). The molecule has 1 aliphatic rings. The van der Waals surface area contributed by atoms with Crippen molar-refractivity contribution in [2.45, 2.75) is 19.5 Å². The number of ether oxygens (including phenoxy) is 1. The molecule has 1 aromatic carbocycles. The van der Waals surface area contributed by atoms with Crippen LogP contribution in [-0.2, 0) is 24.2 Å². The number of halogens is 1. The van der Waals surface area contributed by atoms with Crippen molar-refractivity contribution in [3.8, 4) is 12.1 Å². The molecular weight excluding hydrogens is 362 g/mol. The molecule has 2 heterocycles. The van der Waals surface area contributed by atoms with Crippen LogP contribution in [0.25, 0.3) is 0 Å². The lowest BCUT2D eigenvalue weighted by atomic mass is 9.96. The zero-order valence-corrected chi connectivity index (χ0v) is 15.9. The number of aromatic nitrogens is 1. The molecule has 1 N–H and O–H groups in total. The van der Waals surface area contributed by atoms with Crippen molar-refractivity contribution in [1.82, 2.24) is 9.88 Å². The zero-order valence-electron chi connectivity index (χ0n) is 15.1. The first-order valence-electron chi connectivity index (χ1n) is 8.71. The van der Waals surface area contributed by atoms with E-state index in [-0.39, 0.29) is 5.15 Å². The molecule has 7 heteroatoms. The van der Waals surface area contributed by atoms with Gasteiger partial charge in [-0.3, -0.25) is 4.90 Å². The van der Waals surface area contributed by atoms with Gasteiger partial charge in [-0.25, -0.2) is 4.98 Å². The summed E-state index contributed by atoms with van der Waals surface area (Å²) < 4.78 is 5.09. The highest BCUT2D eigenvalue weighted by atomic mass is 35.5. The lowest BCUT2D eigenvalue weighted by Gasteiger charge is -2.31. The third-order valence-corrected chi connectivity index (χ3v) is 4.87. The average molecular weight is 382 g/mol. The van der Waals surface area contributed by atoms with Gasteiger partial charge in [-0.15, -0.1) is 0 Å². The molecule has 6 nitrogen and oxygen atoms in total. The highest BCUT2D eigenvalue weighted by Crippen LogP contribution is 2.32. The Bertz CT molecular complexity index is 916. The van der Waals surface area contributed by atoms with Crippen LogP contribution in [0.4, 0.5) is 5.82 Å². The first-order chi connectivity index (χ1) is 13.2. The third-order valence-electron chi connectivity index (χ3n) is 4.60. The quantitative estimate of drug-likeness (QED) is 0.611. The molecular formula is C20H20ClN5O. The minimum absolute atomic E-state index is 0.242. The standard InChI is InChI=1S/C20H20ClN5O/c1-27-8-6-24-20-18-13-26(12-15-4-2-3-14(9-15)10-22)7-5-16(18)17(11-23)19(21)25-20/h2-4,9H,5-8,12-13H2,1H3,(H,24,25). The smallest absolute Gasteiger partial charge is 0.149 e. The normalized spacial score (nSPS) is 13.5. The van der Waals surface area contributed by atoms with Crippen LogP contribution >= 0.6 is 11.6 Å². The zero-order chi connectivity index (χ0) is 19.2. The lowest BCUT2D eigenvalue weighted by molar-refractivity contribution is 0.210. The first kappa shape index (κ1) is 19.1. The van der Waals surface area contributed by atoms with E-state index in [2.05, 4.69) is 27.3 Å². The van der Waals surface area contributed by atoms with E-state index in [9.17, 15) is 5.26 Å². The molecule has 1 aromatic heterocycles. The van der Waals surface area contributed by atoms with Gasteiger partial charge in [-0.05, 0) is 29.7 Å². The molecule has 0 saturated heterocycles. The number of hydrogen-bond donors (Lipinski definition) is 1. The summed E-state index contributed by atoms with van der Waals surface area (Å²) in [7, 11) is 1.65. The third kappa shape index (κ3) is 4.37. The second kappa shape index (κ2) is 8.83. The number of anilines is 1. The Labute approximate surface area is 163 Å². The second-order valence-corrected chi connectivity index (χ2v) is 6.75. The van der Waals surface area contributed by atoms with Gasteiger partial charge in [0.2, 0.25) is 0 Å². The average Bonchev–Trinajstić information content (AvgIpc) is 2.68. The predicted molar refractivity (Wildman–Crippen MR) is 103 cm³/mol. The maximum absolute atomic E-state index is 9.48. The van der Waals surface area contributed by atoms with E-state index in [4.69, 9.17) is 21.6 Å². The number of nitriles is 2. The fourth-order valence-corrected chi connectivity index (χ4v) is 3.56. The molecule has 0 fully saturated rings. The predicted octanol–water partition coefficient (Wildman–Crippen LogP) is 3.09. The van der Waals surface area contributed by atoms with E-state index in [1.165, 1.54) is 0 Å². The Morgan fingerprint density at radius 2 is 2.15 bits per heavy atom. The summed E-state index contributed by atoms with van der Waals surface area (Å²) in [6.45, 7) is 3.38. The Morgan fingerprint density at radius 3 is 2.89 bits per heavy atom. The number of methoxy groups -OCH3 is 1. The highest BCUT2D eigenvalue weighted by molar-refractivity contribution is 6.30. The number of rotatable bonds is 6. The summed E-state index contributed by atoms with van der Waals surface area (Å²) in [5.74, 6) is 0.710. The number of fused-ring (bicyclic) bond motifs is 1. The van der Waals surface area contributed by atoms with E-state index in [0.29, 0.717) is 36.6 Å². The molecule has 2 aromatic rings. The van der Waals surface area contributed by atoms with Crippen LogP contribution in [0.2, 0.25) is 5.15 Å². The Morgan fingerprint density at radius 1 is 1.30 bits per heavy atom. The van der Waals surface area contributed by atoms with Crippen molar-refractivity contribution in [2.75, 3.05) is 32.1 Å². The van der Waals surface area contributed by atoms with Gasteiger partial charge >= 0.3 is 0 Å². The molecule has 0 unspecified atom stereocenters. The first-order valence-corrected chi connectivity index (χ1v) is 9.09. The minimum Gasteiger partial charge on any atom is -0.383 e. The van der Waals surface area contributed by atoms with Crippen molar-refractivity contribution in [3.63, 3.8) is 0 Å². The maximum atomic E-state index is 9.48. The fraction of sp³-hybridized carbons (Fsp3) is 0.350. The van der Waals surface area contributed by atoms with Crippen LogP contribution in [0.5, 0.6) is 0 Å². The van der Waals surface area contributed by atoms with Crippen molar-refractivity contribution in [2.24, 2.45) is 0 Å². The van der Waals surface area contributed by atoms with E-state index in [0.717, 1.165) is 36.2 Å². The van der Waals surface area contributed by atoms with Crippen LogP contribution in [0, 0.1) is 22.7 Å². The number of nitrogens with zero attached hydrogens (tertiary/aromatic N) is 4. The summed E-state index contributed by atoms with van der Waals surface area (Å²) in [4.78, 5) is 6.69. The number of benzene rings is 1. The van der Waals surface area contributed by atoms with Gasteiger partial charge < -0.3 is 10.1 Å². The minimum atomic E-state index is 0.242. The van der Waals surface area contributed by atoms with Crippen LogP contribution in [0.15, 0.2) is 24.3 Å². The van der Waals surface area contributed by atoms with Crippen LogP contribution < -0.4 is 5.32 Å². The van der Waals surface area contributed by atoms with Gasteiger partial charge in [-0.2, -0.15) is 10.5 Å². The molecule has 27 heavy (non-hydrogen) atoms. The molecule has 0 atom stereocenters. The topological polar surface area (TPSA) is 85.0 Å². The number of nitrogens with one attached hydrogen (secondary N) is 1. The Kier molecular flexibility index (Phi) is 6.26. The summed E-state index contributed by atoms with van der Waals surface area (Å²) in [5, 5.41) is 22.1. The number of pyridine rings is 1. The summed E-state index contributed by atoms with van der Waals surface area (Å²) in [6.07, 6.45) is 0.733. The van der Waals surface area contributed by atoms with Crippen LogP contribution in [-0.4, -0.2) is 36.7 Å². The van der Waals surface area contributed by atoms with Gasteiger partial charge in [0.25, 0.3) is 0 Å². The highest BCUT2D eigenvalue weighted by Gasteiger charge is 2.25. The van der Waals surface area contributed by atoms with E-state index in [1.54, 1.807) is 13.2 Å². The van der Waals surface area contributed by atoms with E-state index in [1.807, 2.05) is 18.2 Å². The van der Waals surface area contributed by atoms with Crippen molar-refractivity contribution >= 4 is 17.4 Å². The summed E-state index contributed by atoms with van der Waals surface area (Å²) in [6, 6.07) is 12.0. The molecule has 0 radical (unpaired) electrons. The molecule has 0 bridgehead atoms. The molecule has 0 saturated carbocycles. The molecule has 0 aliphatic carbocycles. The SMILES string of the molecule is COCCNc1nc(Cl)c(C#N)c2c1CN(Cc1cccc(C#N)c1)CC2. The lowest BCUT2D eigenvalue weighted by Crippen LogP contribution is -2.32. The van der Waals surface area contributed by atoms with Gasteiger partial charge in [0.15, 0.2) is 0 Å². The monoisotopic (exact) mass is 381 g/mol. The molecule has 0 amide bonds. The number of hydrogen-bond acceptors (Lipinski definition) is 6. The van der Waals surface area contributed by atoms with E-state index < -0.39 is 0 Å². The van der Waals surface area contributed by atoms with E-state index >= 15 is 0 Å². The largest absolute Gasteiger partial charge is 0.383 e. The van der Waals surface area contributed by atoms with Gasteiger partial charge in [0.05, 0.1) is 23.8 Å². The molecule has 138 valence electrons. The molecule has 0 spiro atoms. The Hall–Kier alpha value is -2.64. The van der Waals surface area contributed by atoms with Crippen LogP contribution in [0.3, 0.4) is 0 Å². The van der Waals surface area contributed by atoms with Gasteiger partial charge in [0.1, 0.15) is 17.0 Å². The summed E-state index contributed by atoms with van der Waals surface area (Å²) >= 11 is 6.23. The van der Waals surface area contributed by atoms with Crippen molar-refractivity contribution in [1.29, 1.82) is 10.5 Å². The second-order valence-electron chi connectivity index (χ2n) is 6.39. The van der Waals surface area contributed by atoms with Crippen molar-refractivity contribution < 1.29 is 4.74 Å². The van der Waals surface area contributed by atoms with Crippen molar-refractivity contribution in [3.05, 3.63) is 57.2 Å². The van der Waals surface area contributed by atoms with Crippen LogP contribution in [0.1, 0.15) is 27.8 Å². The van der Waals surface area contributed by atoms with Gasteiger partial charge in [-0.1, -0.05) is 23.7 Å². The maximum Gasteiger partial charge on any atom is 0.149 e.